The van der Waals surface area contributed by atoms with Gasteiger partial charge in [-0.2, -0.15) is 0 Å². The van der Waals surface area contributed by atoms with E-state index in [-0.39, 0.29) is 12.1 Å². The van der Waals surface area contributed by atoms with Gasteiger partial charge in [0, 0.05) is 26.2 Å². The number of hydrogen-bond acceptors (Lipinski definition) is 4. The molecule has 1 saturated heterocycles. The molecule has 0 bridgehead atoms. The second-order valence-corrected chi connectivity index (χ2v) is 6.90. The van der Waals surface area contributed by atoms with Crippen molar-refractivity contribution in [3.8, 4) is 5.75 Å². The average molecular weight is 349 g/mol. The topological polar surface area (TPSA) is 62.8 Å². The van der Waals surface area contributed by atoms with Gasteiger partial charge in [0.2, 0.25) is 0 Å². The maximum atomic E-state index is 11.9. The Morgan fingerprint density at radius 2 is 2.16 bits per heavy atom. The summed E-state index contributed by atoms with van der Waals surface area (Å²) >= 11 is 0. The fraction of sp³-hybridized carbons (Fsp3) is 0.632. The zero-order valence-electron chi connectivity index (χ0n) is 15.6. The van der Waals surface area contributed by atoms with Crippen molar-refractivity contribution in [2.75, 3.05) is 45.9 Å². The van der Waals surface area contributed by atoms with Crippen molar-refractivity contribution in [2.45, 2.75) is 26.9 Å². The number of nitrogens with zero attached hydrogens (tertiary/aromatic N) is 1. The van der Waals surface area contributed by atoms with E-state index in [1.54, 1.807) is 0 Å². The SMILES string of the molecule is Cc1ccccc1OCCNC(=O)NCC1CN(CC(C)C)CCO1. The molecule has 0 radical (unpaired) electrons. The summed E-state index contributed by atoms with van der Waals surface area (Å²) in [7, 11) is 0. The van der Waals surface area contributed by atoms with Crippen LogP contribution < -0.4 is 15.4 Å². The van der Waals surface area contributed by atoms with Gasteiger partial charge in [-0.3, -0.25) is 4.90 Å². The third-order valence-corrected chi connectivity index (χ3v) is 4.08. The molecule has 1 unspecified atom stereocenters. The van der Waals surface area contributed by atoms with E-state index >= 15 is 0 Å². The maximum absolute atomic E-state index is 11.9. The first kappa shape index (κ1) is 19.5. The Morgan fingerprint density at radius 3 is 2.92 bits per heavy atom. The first-order valence-corrected chi connectivity index (χ1v) is 9.08. The van der Waals surface area contributed by atoms with Gasteiger partial charge in [0.15, 0.2) is 0 Å². The third-order valence-electron chi connectivity index (χ3n) is 4.08. The van der Waals surface area contributed by atoms with Crippen LogP contribution in [-0.2, 0) is 4.74 Å². The zero-order valence-corrected chi connectivity index (χ0v) is 15.6. The minimum absolute atomic E-state index is 0.0569. The van der Waals surface area contributed by atoms with E-state index in [0.29, 0.717) is 25.6 Å². The van der Waals surface area contributed by atoms with Crippen molar-refractivity contribution < 1.29 is 14.3 Å². The summed E-state index contributed by atoms with van der Waals surface area (Å²) in [6, 6.07) is 7.66. The Morgan fingerprint density at radius 1 is 1.36 bits per heavy atom. The molecular formula is C19H31N3O3. The number of ether oxygens (including phenoxy) is 2. The molecule has 0 saturated carbocycles. The highest BCUT2D eigenvalue weighted by Gasteiger charge is 2.21. The number of rotatable bonds is 8. The number of para-hydroxylation sites is 1. The number of aryl methyl sites for hydroxylation is 1. The second-order valence-electron chi connectivity index (χ2n) is 6.90. The van der Waals surface area contributed by atoms with Crippen LogP contribution in [0.4, 0.5) is 4.79 Å². The summed E-state index contributed by atoms with van der Waals surface area (Å²) < 4.78 is 11.4. The molecule has 2 N–H and O–H groups in total. The van der Waals surface area contributed by atoms with Crippen molar-refractivity contribution >= 4 is 6.03 Å². The molecule has 2 amide bonds. The summed E-state index contributed by atoms with van der Waals surface area (Å²) in [6.45, 7) is 11.5. The van der Waals surface area contributed by atoms with Gasteiger partial charge < -0.3 is 20.1 Å². The maximum Gasteiger partial charge on any atom is 0.315 e. The van der Waals surface area contributed by atoms with E-state index in [0.717, 1.165) is 37.6 Å². The van der Waals surface area contributed by atoms with Crippen LogP contribution in [0.5, 0.6) is 5.75 Å². The van der Waals surface area contributed by atoms with Gasteiger partial charge in [0.05, 0.1) is 19.3 Å². The molecule has 1 atom stereocenters. The van der Waals surface area contributed by atoms with Crippen LogP contribution in [-0.4, -0.2) is 63.0 Å². The summed E-state index contributed by atoms with van der Waals surface area (Å²) in [5.74, 6) is 1.49. The van der Waals surface area contributed by atoms with Crippen molar-refractivity contribution in [3.63, 3.8) is 0 Å². The average Bonchev–Trinajstić information content (AvgIpc) is 2.58. The predicted molar refractivity (Wildman–Crippen MR) is 99.1 cm³/mol. The number of carbonyl (C=O) groups excluding carboxylic acids is 1. The van der Waals surface area contributed by atoms with Crippen LogP contribution in [0.1, 0.15) is 19.4 Å². The molecule has 140 valence electrons. The molecule has 2 rings (SSSR count). The number of nitrogens with one attached hydrogen (secondary N) is 2. The molecule has 0 spiro atoms. The monoisotopic (exact) mass is 349 g/mol. The highest BCUT2D eigenvalue weighted by Crippen LogP contribution is 2.15. The standard InChI is InChI=1S/C19H31N3O3/c1-15(2)13-22-9-11-24-17(14-22)12-21-19(23)20-8-10-25-18-7-5-4-6-16(18)3/h4-7,15,17H,8-14H2,1-3H3,(H2,20,21,23). The van der Waals surface area contributed by atoms with E-state index in [2.05, 4.69) is 29.4 Å². The third kappa shape index (κ3) is 7.32. The lowest BCUT2D eigenvalue weighted by atomic mass is 10.2. The number of amides is 2. The van der Waals surface area contributed by atoms with Crippen molar-refractivity contribution in [3.05, 3.63) is 29.8 Å². The van der Waals surface area contributed by atoms with Crippen LogP contribution in [0.2, 0.25) is 0 Å². The smallest absolute Gasteiger partial charge is 0.315 e. The van der Waals surface area contributed by atoms with Gasteiger partial charge in [-0.05, 0) is 24.5 Å². The van der Waals surface area contributed by atoms with Crippen molar-refractivity contribution in [1.29, 1.82) is 0 Å². The van der Waals surface area contributed by atoms with E-state index in [4.69, 9.17) is 9.47 Å². The molecule has 1 aromatic rings. The number of benzene rings is 1. The molecule has 1 aliphatic rings. The summed E-state index contributed by atoms with van der Waals surface area (Å²) in [6.07, 6.45) is 0.0569. The van der Waals surface area contributed by atoms with E-state index in [9.17, 15) is 4.79 Å². The van der Waals surface area contributed by atoms with Crippen LogP contribution >= 0.6 is 0 Å². The minimum Gasteiger partial charge on any atom is -0.491 e. The Labute approximate surface area is 150 Å². The largest absolute Gasteiger partial charge is 0.491 e. The van der Waals surface area contributed by atoms with Gasteiger partial charge in [0.1, 0.15) is 12.4 Å². The van der Waals surface area contributed by atoms with E-state index in [1.807, 2.05) is 31.2 Å². The Balaban J connectivity index is 1.58. The van der Waals surface area contributed by atoms with Crippen LogP contribution in [0.15, 0.2) is 24.3 Å². The lowest BCUT2D eigenvalue weighted by Gasteiger charge is -2.33. The molecular weight excluding hydrogens is 318 g/mol. The quantitative estimate of drug-likeness (QED) is 0.705. The number of morpholine rings is 1. The number of carbonyl (C=O) groups is 1. The Hall–Kier alpha value is -1.79. The number of urea groups is 1. The van der Waals surface area contributed by atoms with Gasteiger partial charge in [-0.25, -0.2) is 4.79 Å². The first-order chi connectivity index (χ1) is 12.0. The van der Waals surface area contributed by atoms with Crippen molar-refractivity contribution in [2.24, 2.45) is 5.92 Å². The van der Waals surface area contributed by atoms with E-state index < -0.39 is 0 Å². The fourth-order valence-electron chi connectivity index (χ4n) is 2.90. The second kappa shape index (κ2) is 10.3. The Bertz CT molecular complexity index is 536. The lowest BCUT2D eigenvalue weighted by Crippen LogP contribution is -2.50. The Kier molecular flexibility index (Phi) is 8.01. The van der Waals surface area contributed by atoms with Gasteiger partial charge in [-0.15, -0.1) is 0 Å². The molecule has 1 fully saturated rings. The molecule has 1 aromatic carbocycles. The summed E-state index contributed by atoms with van der Waals surface area (Å²) in [5, 5.41) is 5.69. The molecule has 6 nitrogen and oxygen atoms in total. The zero-order chi connectivity index (χ0) is 18.1. The molecule has 1 aliphatic heterocycles. The lowest BCUT2D eigenvalue weighted by molar-refractivity contribution is -0.0290. The summed E-state index contributed by atoms with van der Waals surface area (Å²) in [4.78, 5) is 14.3. The first-order valence-electron chi connectivity index (χ1n) is 9.08. The minimum atomic E-state index is -0.182. The molecule has 0 aromatic heterocycles. The van der Waals surface area contributed by atoms with Gasteiger partial charge in [-0.1, -0.05) is 32.0 Å². The predicted octanol–water partition coefficient (Wildman–Crippen LogP) is 2.03. The van der Waals surface area contributed by atoms with Crippen LogP contribution in [0.25, 0.3) is 0 Å². The van der Waals surface area contributed by atoms with Gasteiger partial charge >= 0.3 is 6.03 Å². The molecule has 6 heteroatoms. The van der Waals surface area contributed by atoms with Crippen molar-refractivity contribution in [1.82, 2.24) is 15.5 Å². The normalized spacial score (nSPS) is 18.2. The summed E-state index contributed by atoms with van der Waals surface area (Å²) in [5.41, 5.74) is 1.09. The van der Waals surface area contributed by atoms with E-state index in [1.165, 1.54) is 0 Å². The number of hydrogen-bond donors (Lipinski definition) is 2. The molecule has 25 heavy (non-hydrogen) atoms. The molecule has 0 aliphatic carbocycles. The van der Waals surface area contributed by atoms with Crippen LogP contribution in [0.3, 0.4) is 0 Å². The van der Waals surface area contributed by atoms with Gasteiger partial charge in [0.25, 0.3) is 0 Å². The molecule has 1 heterocycles. The highest BCUT2D eigenvalue weighted by atomic mass is 16.5. The van der Waals surface area contributed by atoms with Crippen LogP contribution in [0, 0.1) is 12.8 Å². The fourth-order valence-corrected chi connectivity index (χ4v) is 2.90. The highest BCUT2D eigenvalue weighted by molar-refractivity contribution is 5.73.